The van der Waals surface area contributed by atoms with Gasteiger partial charge in [0.2, 0.25) is 0 Å². The third-order valence-electron chi connectivity index (χ3n) is 2.31. The first-order valence-corrected chi connectivity index (χ1v) is 4.93. The van der Waals surface area contributed by atoms with E-state index in [0.29, 0.717) is 0 Å². The lowest BCUT2D eigenvalue weighted by atomic mass is 10.0. The molecule has 0 aliphatic carbocycles. The van der Waals surface area contributed by atoms with Gasteiger partial charge in [-0.15, -0.1) is 0 Å². The molecular weight excluding hydrogens is 170 g/mol. The number of nitrogens with zero attached hydrogens (tertiary/aromatic N) is 1. The second-order valence-electron chi connectivity index (χ2n) is 4.36. The number of rotatable bonds is 0. The van der Waals surface area contributed by atoms with E-state index in [-0.39, 0.29) is 5.54 Å². The minimum Gasteiger partial charge on any atom is -0.275 e. The fourth-order valence-corrected chi connectivity index (χ4v) is 1.90. The summed E-state index contributed by atoms with van der Waals surface area (Å²) in [4.78, 5) is 4.71. The molecule has 1 aromatic rings. The van der Waals surface area contributed by atoms with Gasteiger partial charge in [-0.2, -0.15) is 0 Å². The Kier molecular flexibility index (Phi) is 2.03. The predicted molar refractivity (Wildman–Crippen MR) is 59.5 cm³/mol. The Balaban J connectivity index is 2.80. The zero-order valence-electron chi connectivity index (χ0n) is 8.91. The average molecular weight is 185 g/mol. The summed E-state index contributed by atoms with van der Waals surface area (Å²) in [5, 5.41) is 2.30. The topological polar surface area (TPSA) is 12.4 Å². The molecule has 14 heavy (non-hydrogen) atoms. The molecule has 0 saturated carbocycles. The van der Waals surface area contributed by atoms with E-state index in [2.05, 4.69) is 51.1 Å². The molecule has 0 radical (unpaired) electrons. The Morgan fingerprint density at radius 2 is 1.86 bits per heavy atom. The van der Waals surface area contributed by atoms with E-state index >= 15 is 0 Å². The van der Waals surface area contributed by atoms with E-state index in [1.54, 1.807) is 0 Å². The lowest BCUT2D eigenvalue weighted by Gasteiger charge is -2.13. The predicted octanol–water partition coefficient (Wildman–Crippen LogP) is 1.83. The van der Waals surface area contributed by atoms with Crippen LogP contribution in [0.15, 0.2) is 40.9 Å². The largest absolute Gasteiger partial charge is 0.275 e. The molecule has 0 fully saturated rings. The van der Waals surface area contributed by atoms with Crippen molar-refractivity contribution in [2.45, 2.75) is 26.3 Å². The van der Waals surface area contributed by atoms with Gasteiger partial charge in [0.1, 0.15) is 0 Å². The van der Waals surface area contributed by atoms with E-state index in [1.165, 1.54) is 10.8 Å². The second kappa shape index (κ2) is 3.09. The van der Waals surface area contributed by atoms with Crippen molar-refractivity contribution in [3.8, 4) is 0 Å². The first-order chi connectivity index (χ1) is 6.57. The highest BCUT2D eigenvalue weighted by atomic mass is 14.8. The van der Waals surface area contributed by atoms with Crippen LogP contribution < -0.4 is 10.6 Å². The highest BCUT2D eigenvalue weighted by molar-refractivity contribution is 5.47. The standard InChI is InChI=1S/C13H15N/c1-10-8-11-6-4-5-7-12(11)14-13(2,3)9-10/h4-9H,1-3H3. The van der Waals surface area contributed by atoms with Crippen LogP contribution >= 0.6 is 0 Å². The van der Waals surface area contributed by atoms with E-state index in [0.717, 1.165) is 5.36 Å². The molecular formula is C13H15N. The minimum atomic E-state index is -0.0901. The van der Waals surface area contributed by atoms with Gasteiger partial charge in [-0.25, -0.2) is 0 Å². The molecule has 1 heterocycles. The molecule has 2 rings (SSSR count). The van der Waals surface area contributed by atoms with Gasteiger partial charge in [-0.3, -0.25) is 4.99 Å². The Labute approximate surface area is 84.5 Å². The van der Waals surface area contributed by atoms with Crippen LogP contribution in [0, 0.1) is 0 Å². The normalized spacial score (nSPS) is 18.4. The summed E-state index contributed by atoms with van der Waals surface area (Å²) in [5.74, 6) is 0. The van der Waals surface area contributed by atoms with Crippen LogP contribution in [-0.4, -0.2) is 5.54 Å². The number of hydrogen-bond acceptors (Lipinski definition) is 1. The van der Waals surface area contributed by atoms with Crippen molar-refractivity contribution in [3.63, 3.8) is 0 Å². The van der Waals surface area contributed by atoms with Gasteiger partial charge in [-0.05, 0) is 32.1 Å². The van der Waals surface area contributed by atoms with E-state index in [1.807, 2.05) is 6.07 Å². The van der Waals surface area contributed by atoms with Gasteiger partial charge in [-0.1, -0.05) is 35.9 Å². The maximum atomic E-state index is 4.71. The summed E-state index contributed by atoms with van der Waals surface area (Å²) in [7, 11) is 0. The molecule has 1 heteroatoms. The van der Waals surface area contributed by atoms with Gasteiger partial charge in [0.25, 0.3) is 0 Å². The van der Waals surface area contributed by atoms with Crippen molar-refractivity contribution in [1.82, 2.24) is 0 Å². The van der Waals surface area contributed by atoms with Crippen LogP contribution in [-0.2, 0) is 0 Å². The number of benzene rings is 1. The SMILES string of the molecule is CC1=CC(C)(C)N=c2ccccc2=C1. The molecule has 0 N–H and O–H groups in total. The highest BCUT2D eigenvalue weighted by Crippen LogP contribution is 2.14. The monoisotopic (exact) mass is 185 g/mol. The molecule has 0 amide bonds. The van der Waals surface area contributed by atoms with Gasteiger partial charge >= 0.3 is 0 Å². The van der Waals surface area contributed by atoms with Gasteiger partial charge in [0, 0.05) is 0 Å². The van der Waals surface area contributed by atoms with Crippen molar-refractivity contribution < 1.29 is 0 Å². The van der Waals surface area contributed by atoms with Crippen LogP contribution in [0.5, 0.6) is 0 Å². The maximum absolute atomic E-state index is 4.71. The van der Waals surface area contributed by atoms with E-state index < -0.39 is 0 Å². The van der Waals surface area contributed by atoms with Crippen LogP contribution in [0.25, 0.3) is 6.08 Å². The zero-order chi connectivity index (χ0) is 10.2. The summed E-state index contributed by atoms with van der Waals surface area (Å²) >= 11 is 0. The van der Waals surface area contributed by atoms with Crippen LogP contribution in [0.1, 0.15) is 20.8 Å². The molecule has 1 aliphatic heterocycles. The van der Waals surface area contributed by atoms with Crippen LogP contribution in [0.3, 0.4) is 0 Å². The quantitative estimate of drug-likeness (QED) is 0.584. The lowest BCUT2D eigenvalue weighted by molar-refractivity contribution is 0.635. The Hall–Kier alpha value is -1.37. The number of hydrogen-bond donors (Lipinski definition) is 0. The summed E-state index contributed by atoms with van der Waals surface area (Å²) < 4.78 is 0. The van der Waals surface area contributed by atoms with E-state index in [4.69, 9.17) is 4.99 Å². The number of fused-ring (bicyclic) bond motifs is 1. The summed E-state index contributed by atoms with van der Waals surface area (Å²) in [6.45, 7) is 6.39. The van der Waals surface area contributed by atoms with Gasteiger partial charge in [0.15, 0.2) is 0 Å². The molecule has 0 bridgehead atoms. The molecule has 0 spiro atoms. The molecule has 1 aromatic carbocycles. The summed E-state index contributed by atoms with van der Waals surface area (Å²) in [6, 6.07) is 8.26. The Morgan fingerprint density at radius 1 is 1.14 bits per heavy atom. The molecule has 72 valence electrons. The third-order valence-corrected chi connectivity index (χ3v) is 2.31. The Morgan fingerprint density at radius 3 is 2.64 bits per heavy atom. The second-order valence-corrected chi connectivity index (χ2v) is 4.36. The first kappa shape index (κ1) is 9.20. The molecule has 0 atom stereocenters. The smallest absolute Gasteiger partial charge is 0.0744 e. The zero-order valence-corrected chi connectivity index (χ0v) is 8.91. The van der Waals surface area contributed by atoms with Crippen molar-refractivity contribution in [2.24, 2.45) is 4.99 Å². The maximum Gasteiger partial charge on any atom is 0.0744 e. The lowest BCUT2D eigenvalue weighted by Crippen LogP contribution is -2.27. The van der Waals surface area contributed by atoms with Crippen molar-refractivity contribution in [2.75, 3.05) is 0 Å². The first-order valence-electron chi connectivity index (χ1n) is 4.93. The third kappa shape index (κ3) is 1.77. The van der Waals surface area contributed by atoms with Crippen molar-refractivity contribution in [1.29, 1.82) is 0 Å². The molecule has 0 aromatic heterocycles. The summed E-state index contributed by atoms with van der Waals surface area (Å²) in [6.07, 6.45) is 4.39. The van der Waals surface area contributed by atoms with Gasteiger partial charge in [0.05, 0.1) is 10.9 Å². The number of para-hydroxylation sites is 1. The highest BCUT2D eigenvalue weighted by Gasteiger charge is 2.13. The fourth-order valence-electron chi connectivity index (χ4n) is 1.90. The van der Waals surface area contributed by atoms with Crippen LogP contribution in [0.4, 0.5) is 0 Å². The summed E-state index contributed by atoms with van der Waals surface area (Å²) in [5.41, 5.74) is 1.19. The fraction of sp³-hybridized carbons (Fsp3) is 0.308. The molecule has 1 nitrogen and oxygen atoms in total. The van der Waals surface area contributed by atoms with Gasteiger partial charge < -0.3 is 0 Å². The molecule has 0 saturated heterocycles. The molecule has 1 aliphatic rings. The Bertz CT molecular complexity index is 492. The van der Waals surface area contributed by atoms with Crippen molar-refractivity contribution in [3.05, 3.63) is 46.5 Å². The molecule has 0 unspecified atom stereocenters. The van der Waals surface area contributed by atoms with E-state index in [9.17, 15) is 0 Å². The number of allylic oxidation sites excluding steroid dienone is 1. The van der Waals surface area contributed by atoms with Crippen molar-refractivity contribution >= 4 is 6.08 Å². The minimum absolute atomic E-state index is 0.0901. The van der Waals surface area contributed by atoms with Crippen LogP contribution in [0.2, 0.25) is 0 Å². The average Bonchev–Trinajstić information content (AvgIpc) is 2.16.